The Kier molecular flexibility index (Phi) is 11.5. The van der Waals surface area contributed by atoms with E-state index in [2.05, 4.69) is 18.0 Å². The van der Waals surface area contributed by atoms with Crippen molar-refractivity contribution < 1.29 is 28.0 Å². The SMILES string of the molecule is C=CC(=O)OC(CCCCCCCCC)OP(=O)(O)OC. The highest BCUT2D eigenvalue weighted by Crippen LogP contribution is 2.44. The standard InChI is InChI=1S/C14H27O6P/c1-4-6-7-8-9-10-11-12-14(19-13(15)5-2)20-21(16,17)18-3/h5,14H,2,4,6-12H2,1,3H3,(H,16,17). The number of esters is 1. The molecule has 2 atom stereocenters. The summed E-state index contributed by atoms with van der Waals surface area (Å²) < 4.78 is 25.4. The van der Waals surface area contributed by atoms with Gasteiger partial charge in [0.1, 0.15) is 0 Å². The van der Waals surface area contributed by atoms with Gasteiger partial charge >= 0.3 is 13.8 Å². The number of rotatable bonds is 13. The van der Waals surface area contributed by atoms with Crippen molar-refractivity contribution in [3.05, 3.63) is 12.7 Å². The number of carbonyl (C=O) groups is 1. The molecular formula is C14H27O6P. The van der Waals surface area contributed by atoms with Gasteiger partial charge in [-0.2, -0.15) is 0 Å². The molecule has 0 rings (SSSR count). The Balaban J connectivity index is 4.07. The molecule has 2 unspecified atom stereocenters. The largest absolute Gasteiger partial charge is 0.475 e. The van der Waals surface area contributed by atoms with Crippen LogP contribution < -0.4 is 0 Å². The topological polar surface area (TPSA) is 82.1 Å². The Morgan fingerprint density at radius 1 is 1.24 bits per heavy atom. The normalized spacial score (nSPS) is 15.2. The van der Waals surface area contributed by atoms with Gasteiger partial charge in [-0.05, 0) is 6.42 Å². The summed E-state index contributed by atoms with van der Waals surface area (Å²) in [5.41, 5.74) is 0. The Morgan fingerprint density at radius 2 is 1.81 bits per heavy atom. The molecule has 0 aromatic rings. The fourth-order valence-corrected chi connectivity index (χ4v) is 2.30. The molecule has 0 aromatic heterocycles. The monoisotopic (exact) mass is 322 g/mol. The summed E-state index contributed by atoms with van der Waals surface area (Å²) in [4.78, 5) is 20.4. The Bertz CT molecular complexity index is 344. The Hall–Kier alpha value is -0.680. The van der Waals surface area contributed by atoms with Crippen LogP contribution in [0.4, 0.5) is 0 Å². The highest BCUT2D eigenvalue weighted by molar-refractivity contribution is 7.47. The number of carbonyl (C=O) groups excluding carboxylic acids is 1. The minimum atomic E-state index is -4.18. The van der Waals surface area contributed by atoms with Crippen molar-refractivity contribution >= 4 is 13.8 Å². The molecule has 7 heteroatoms. The van der Waals surface area contributed by atoms with Gasteiger partial charge in [-0.3, -0.25) is 4.52 Å². The third-order valence-corrected chi connectivity index (χ3v) is 3.90. The lowest BCUT2D eigenvalue weighted by atomic mass is 10.1. The third kappa shape index (κ3) is 11.6. The average molecular weight is 322 g/mol. The maximum absolute atomic E-state index is 11.4. The van der Waals surface area contributed by atoms with Gasteiger partial charge in [0.15, 0.2) is 0 Å². The smallest absolute Gasteiger partial charge is 0.432 e. The molecule has 21 heavy (non-hydrogen) atoms. The Labute approximate surface area is 127 Å². The molecule has 0 spiro atoms. The molecule has 6 nitrogen and oxygen atoms in total. The maximum Gasteiger partial charge on any atom is 0.475 e. The molecule has 0 aliphatic carbocycles. The minimum absolute atomic E-state index is 0.348. The van der Waals surface area contributed by atoms with E-state index in [1.165, 1.54) is 25.7 Å². The van der Waals surface area contributed by atoms with Crippen LogP contribution in [0.25, 0.3) is 0 Å². The zero-order valence-corrected chi connectivity index (χ0v) is 13.8. The lowest BCUT2D eigenvalue weighted by Gasteiger charge is -2.19. The van der Waals surface area contributed by atoms with E-state index in [4.69, 9.17) is 9.26 Å². The summed E-state index contributed by atoms with van der Waals surface area (Å²) in [5.74, 6) is -0.695. The molecule has 0 aromatic carbocycles. The molecule has 0 saturated carbocycles. The summed E-state index contributed by atoms with van der Waals surface area (Å²) in [7, 11) is -3.12. The van der Waals surface area contributed by atoms with E-state index in [0.29, 0.717) is 6.42 Å². The van der Waals surface area contributed by atoms with Gasteiger partial charge in [-0.15, -0.1) is 0 Å². The summed E-state index contributed by atoms with van der Waals surface area (Å²) in [6.45, 7) is 5.44. The van der Waals surface area contributed by atoms with Crippen molar-refractivity contribution in [2.75, 3.05) is 7.11 Å². The van der Waals surface area contributed by atoms with E-state index in [0.717, 1.165) is 32.4 Å². The van der Waals surface area contributed by atoms with Crippen LogP contribution in [-0.4, -0.2) is 24.3 Å². The van der Waals surface area contributed by atoms with E-state index >= 15 is 0 Å². The van der Waals surface area contributed by atoms with Crippen LogP contribution in [-0.2, 0) is 23.1 Å². The summed E-state index contributed by atoms with van der Waals surface area (Å²) in [6, 6.07) is 0. The van der Waals surface area contributed by atoms with E-state index < -0.39 is 20.1 Å². The van der Waals surface area contributed by atoms with Crippen molar-refractivity contribution in [3.8, 4) is 0 Å². The van der Waals surface area contributed by atoms with Crippen LogP contribution >= 0.6 is 7.82 Å². The van der Waals surface area contributed by atoms with Gasteiger partial charge in [-0.1, -0.05) is 52.0 Å². The van der Waals surface area contributed by atoms with Gasteiger partial charge in [0.05, 0.1) is 0 Å². The molecule has 0 radical (unpaired) electrons. The molecule has 0 amide bonds. The molecule has 0 bridgehead atoms. The number of phosphoric ester groups is 1. The Morgan fingerprint density at radius 3 is 2.33 bits per heavy atom. The predicted octanol–water partition coefficient (Wildman–Crippen LogP) is 3.95. The number of phosphoric acid groups is 1. The van der Waals surface area contributed by atoms with E-state index in [-0.39, 0.29) is 0 Å². The van der Waals surface area contributed by atoms with Gasteiger partial charge in [0.25, 0.3) is 0 Å². The van der Waals surface area contributed by atoms with Crippen LogP contribution in [0.3, 0.4) is 0 Å². The van der Waals surface area contributed by atoms with Crippen LogP contribution in [0, 0.1) is 0 Å². The summed E-state index contributed by atoms with van der Waals surface area (Å²) in [5, 5.41) is 0. The van der Waals surface area contributed by atoms with Gasteiger partial charge in [0, 0.05) is 19.6 Å². The zero-order valence-electron chi connectivity index (χ0n) is 13.0. The van der Waals surface area contributed by atoms with E-state index in [9.17, 15) is 14.3 Å². The quantitative estimate of drug-likeness (QED) is 0.182. The summed E-state index contributed by atoms with van der Waals surface area (Å²) in [6.07, 6.45) is 7.85. The fourth-order valence-electron chi connectivity index (χ4n) is 1.77. The van der Waals surface area contributed by atoms with Crippen LogP contribution in [0.5, 0.6) is 0 Å². The number of unbranched alkanes of at least 4 members (excludes halogenated alkanes) is 6. The lowest BCUT2D eigenvalue weighted by molar-refractivity contribution is -0.160. The highest BCUT2D eigenvalue weighted by Gasteiger charge is 2.26. The van der Waals surface area contributed by atoms with Crippen LogP contribution in [0.15, 0.2) is 12.7 Å². The van der Waals surface area contributed by atoms with Crippen molar-refractivity contribution in [1.82, 2.24) is 0 Å². The molecule has 1 N–H and O–H groups in total. The van der Waals surface area contributed by atoms with Crippen molar-refractivity contribution in [2.45, 2.75) is 64.6 Å². The van der Waals surface area contributed by atoms with Crippen molar-refractivity contribution in [1.29, 1.82) is 0 Å². The second-order valence-electron chi connectivity index (χ2n) is 4.74. The molecule has 0 heterocycles. The number of ether oxygens (including phenoxy) is 1. The molecule has 0 aliphatic rings. The molecule has 0 aliphatic heterocycles. The summed E-state index contributed by atoms with van der Waals surface area (Å²) >= 11 is 0. The van der Waals surface area contributed by atoms with Crippen LogP contribution in [0.2, 0.25) is 0 Å². The van der Waals surface area contributed by atoms with Crippen molar-refractivity contribution in [3.63, 3.8) is 0 Å². The zero-order chi connectivity index (χ0) is 16.1. The van der Waals surface area contributed by atoms with Crippen molar-refractivity contribution in [2.24, 2.45) is 0 Å². The van der Waals surface area contributed by atoms with E-state index in [1.807, 2.05) is 0 Å². The fraction of sp³-hybridized carbons (Fsp3) is 0.786. The average Bonchev–Trinajstić information content (AvgIpc) is 2.45. The highest BCUT2D eigenvalue weighted by atomic mass is 31.2. The first kappa shape index (κ1) is 20.3. The minimum Gasteiger partial charge on any atom is -0.432 e. The first-order valence-corrected chi connectivity index (χ1v) is 8.84. The maximum atomic E-state index is 11.4. The lowest BCUT2D eigenvalue weighted by Crippen LogP contribution is -2.19. The second kappa shape index (κ2) is 11.9. The molecular weight excluding hydrogens is 295 g/mol. The van der Waals surface area contributed by atoms with Crippen LogP contribution in [0.1, 0.15) is 58.3 Å². The van der Waals surface area contributed by atoms with E-state index in [1.54, 1.807) is 0 Å². The first-order chi connectivity index (χ1) is 9.95. The van der Waals surface area contributed by atoms with Gasteiger partial charge in [0.2, 0.25) is 6.29 Å². The first-order valence-electron chi connectivity index (χ1n) is 7.35. The molecule has 124 valence electrons. The second-order valence-corrected chi connectivity index (χ2v) is 6.25. The third-order valence-electron chi connectivity index (χ3n) is 2.94. The number of hydrogen-bond acceptors (Lipinski definition) is 5. The van der Waals surface area contributed by atoms with Gasteiger partial charge in [-0.25, -0.2) is 13.9 Å². The number of hydrogen-bond donors (Lipinski definition) is 1. The predicted molar refractivity (Wildman–Crippen MR) is 80.6 cm³/mol. The van der Waals surface area contributed by atoms with Gasteiger partial charge < -0.3 is 9.63 Å². The molecule has 0 saturated heterocycles. The molecule has 0 fully saturated rings.